The van der Waals surface area contributed by atoms with Crippen molar-refractivity contribution < 1.29 is 23.6 Å². The lowest BCUT2D eigenvalue weighted by Gasteiger charge is -2.15. The summed E-state index contributed by atoms with van der Waals surface area (Å²) in [6.45, 7) is 1.46. The minimum Gasteiger partial charge on any atom is -0.481 e. The standard InChI is InChI=1S/C16H14FN3O5/c1-10(25-14-8-4-12(17)5-9-14)15(21)18-19-16(22)11-2-6-13(7-3-11)20(23)24/h2-10H,1H3,(H,18,21)(H,19,22)/t10-/m0/s1. The van der Waals surface area contributed by atoms with Crippen molar-refractivity contribution >= 4 is 17.5 Å². The number of carbonyl (C=O) groups is 2. The lowest BCUT2D eigenvalue weighted by Crippen LogP contribution is -2.47. The number of hydrogen-bond donors (Lipinski definition) is 2. The van der Waals surface area contributed by atoms with E-state index in [2.05, 4.69) is 10.9 Å². The van der Waals surface area contributed by atoms with Gasteiger partial charge in [0.1, 0.15) is 11.6 Å². The first-order chi connectivity index (χ1) is 11.9. The molecule has 0 radical (unpaired) electrons. The zero-order chi connectivity index (χ0) is 18.4. The van der Waals surface area contributed by atoms with Gasteiger partial charge >= 0.3 is 0 Å². The van der Waals surface area contributed by atoms with Crippen LogP contribution in [0.3, 0.4) is 0 Å². The molecule has 2 aromatic carbocycles. The molecule has 25 heavy (non-hydrogen) atoms. The van der Waals surface area contributed by atoms with Crippen molar-refractivity contribution in [2.24, 2.45) is 0 Å². The lowest BCUT2D eigenvalue weighted by atomic mass is 10.2. The highest BCUT2D eigenvalue weighted by molar-refractivity contribution is 5.95. The molecule has 0 bridgehead atoms. The molecular formula is C16H14FN3O5. The first-order valence-corrected chi connectivity index (χ1v) is 7.13. The molecule has 9 heteroatoms. The van der Waals surface area contributed by atoms with Crippen molar-refractivity contribution in [2.45, 2.75) is 13.0 Å². The van der Waals surface area contributed by atoms with Crippen LogP contribution < -0.4 is 15.6 Å². The molecular weight excluding hydrogens is 333 g/mol. The Labute approximate surface area is 141 Å². The highest BCUT2D eigenvalue weighted by atomic mass is 19.1. The molecule has 0 saturated carbocycles. The van der Waals surface area contributed by atoms with Gasteiger partial charge in [0.2, 0.25) is 0 Å². The van der Waals surface area contributed by atoms with Gasteiger partial charge in [-0.15, -0.1) is 0 Å². The Morgan fingerprint density at radius 1 is 1.08 bits per heavy atom. The number of non-ortho nitro benzene ring substituents is 1. The molecule has 8 nitrogen and oxygen atoms in total. The van der Waals surface area contributed by atoms with Gasteiger partial charge in [0.25, 0.3) is 17.5 Å². The van der Waals surface area contributed by atoms with Crippen molar-refractivity contribution in [1.29, 1.82) is 0 Å². The van der Waals surface area contributed by atoms with Crippen LogP contribution in [0.2, 0.25) is 0 Å². The van der Waals surface area contributed by atoms with Crippen LogP contribution in [-0.4, -0.2) is 22.8 Å². The summed E-state index contributed by atoms with van der Waals surface area (Å²) in [4.78, 5) is 33.7. The van der Waals surface area contributed by atoms with Crippen LogP contribution in [0.15, 0.2) is 48.5 Å². The molecule has 0 saturated heterocycles. The van der Waals surface area contributed by atoms with E-state index in [1.54, 1.807) is 0 Å². The number of hydrogen-bond acceptors (Lipinski definition) is 5. The number of nitrogens with zero attached hydrogens (tertiary/aromatic N) is 1. The second kappa shape index (κ2) is 7.86. The van der Waals surface area contributed by atoms with Gasteiger partial charge in [-0.2, -0.15) is 0 Å². The topological polar surface area (TPSA) is 111 Å². The largest absolute Gasteiger partial charge is 0.481 e. The van der Waals surface area contributed by atoms with Crippen LogP contribution in [0, 0.1) is 15.9 Å². The van der Waals surface area contributed by atoms with Crippen LogP contribution >= 0.6 is 0 Å². The van der Waals surface area contributed by atoms with Crippen LogP contribution in [0.25, 0.3) is 0 Å². The second-order valence-corrected chi connectivity index (χ2v) is 4.96. The van der Waals surface area contributed by atoms with E-state index in [1.165, 1.54) is 55.5 Å². The maximum atomic E-state index is 12.8. The summed E-state index contributed by atoms with van der Waals surface area (Å²) in [5.41, 5.74) is 4.34. The molecule has 2 aromatic rings. The maximum absolute atomic E-state index is 12.8. The first kappa shape index (κ1) is 17.9. The summed E-state index contributed by atoms with van der Waals surface area (Å²) >= 11 is 0. The van der Waals surface area contributed by atoms with E-state index in [0.29, 0.717) is 5.75 Å². The van der Waals surface area contributed by atoms with Gasteiger partial charge in [-0.05, 0) is 43.3 Å². The molecule has 0 aromatic heterocycles. The lowest BCUT2D eigenvalue weighted by molar-refractivity contribution is -0.384. The van der Waals surface area contributed by atoms with Crippen LogP contribution in [-0.2, 0) is 4.79 Å². The van der Waals surface area contributed by atoms with Gasteiger partial charge in [-0.25, -0.2) is 4.39 Å². The van der Waals surface area contributed by atoms with Gasteiger partial charge in [-0.1, -0.05) is 0 Å². The number of benzene rings is 2. The van der Waals surface area contributed by atoms with Gasteiger partial charge < -0.3 is 4.74 Å². The van der Waals surface area contributed by atoms with Crippen LogP contribution in [0.1, 0.15) is 17.3 Å². The summed E-state index contributed by atoms with van der Waals surface area (Å²) in [7, 11) is 0. The normalized spacial score (nSPS) is 11.3. The molecule has 2 N–H and O–H groups in total. The number of carbonyl (C=O) groups excluding carboxylic acids is 2. The molecule has 2 amide bonds. The number of halogens is 1. The summed E-state index contributed by atoms with van der Waals surface area (Å²) in [6, 6.07) is 10.00. The molecule has 130 valence electrons. The van der Waals surface area contributed by atoms with E-state index >= 15 is 0 Å². The van der Waals surface area contributed by atoms with Gasteiger partial charge in [0.15, 0.2) is 6.10 Å². The molecule has 0 aliphatic rings. The highest BCUT2D eigenvalue weighted by Crippen LogP contribution is 2.13. The van der Waals surface area contributed by atoms with Crippen molar-refractivity contribution in [3.05, 3.63) is 70.0 Å². The molecule has 2 rings (SSSR count). The number of rotatable bonds is 5. The zero-order valence-electron chi connectivity index (χ0n) is 13.1. The summed E-state index contributed by atoms with van der Waals surface area (Å²) in [6.07, 6.45) is -0.942. The quantitative estimate of drug-likeness (QED) is 0.634. The Balaban J connectivity index is 1.86. The number of nitro groups is 1. The monoisotopic (exact) mass is 347 g/mol. The fourth-order valence-corrected chi connectivity index (χ4v) is 1.80. The fraction of sp³-hybridized carbons (Fsp3) is 0.125. The summed E-state index contributed by atoms with van der Waals surface area (Å²) < 4.78 is 18.1. The van der Waals surface area contributed by atoms with Crippen molar-refractivity contribution in [3.63, 3.8) is 0 Å². The Hall–Kier alpha value is -3.49. The van der Waals surface area contributed by atoms with Gasteiger partial charge in [0, 0.05) is 17.7 Å². The molecule has 1 atom stereocenters. The molecule has 0 aliphatic heterocycles. The Morgan fingerprint density at radius 2 is 1.68 bits per heavy atom. The van der Waals surface area contributed by atoms with Crippen molar-refractivity contribution in [3.8, 4) is 5.75 Å². The Morgan fingerprint density at radius 3 is 2.24 bits per heavy atom. The molecule has 0 spiro atoms. The van der Waals surface area contributed by atoms with Crippen LogP contribution in [0.5, 0.6) is 5.75 Å². The third-order valence-electron chi connectivity index (χ3n) is 3.14. The average molecular weight is 347 g/mol. The number of ether oxygens (including phenoxy) is 1. The Kier molecular flexibility index (Phi) is 5.62. The third kappa shape index (κ3) is 4.99. The molecule has 0 aliphatic carbocycles. The molecule has 0 heterocycles. The van der Waals surface area contributed by atoms with E-state index in [1.807, 2.05) is 0 Å². The Bertz CT molecular complexity index is 777. The number of amides is 2. The number of nitrogens with one attached hydrogen (secondary N) is 2. The van der Waals surface area contributed by atoms with Crippen molar-refractivity contribution in [1.82, 2.24) is 10.9 Å². The minimum atomic E-state index is -0.942. The van der Waals surface area contributed by atoms with E-state index in [-0.39, 0.29) is 11.3 Å². The first-order valence-electron chi connectivity index (χ1n) is 7.13. The SMILES string of the molecule is C[C@H](Oc1ccc(F)cc1)C(=O)NNC(=O)c1ccc([N+](=O)[O-])cc1. The van der Waals surface area contributed by atoms with E-state index in [4.69, 9.17) is 4.74 Å². The average Bonchev–Trinajstić information content (AvgIpc) is 2.61. The van der Waals surface area contributed by atoms with Gasteiger partial charge in [-0.3, -0.25) is 30.6 Å². The number of hydrazine groups is 1. The smallest absolute Gasteiger partial charge is 0.279 e. The highest BCUT2D eigenvalue weighted by Gasteiger charge is 2.16. The molecule has 0 fully saturated rings. The predicted molar refractivity (Wildman–Crippen MR) is 85.2 cm³/mol. The summed E-state index contributed by atoms with van der Waals surface area (Å²) in [5, 5.41) is 10.6. The minimum absolute atomic E-state index is 0.137. The second-order valence-electron chi connectivity index (χ2n) is 4.96. The van der Waals surface area contributed by atoms with E-state index in [9.17, 15) is 24.1 Å². The number of nitro benzene ring substituents is 1. The van der Waals surface area contributed by atoms with Gasteiger partial charge in [0.05, 0.1) is 4.92 Å². The van der Waals surface area contributed by atoms with E-state index in [0.717, 1.165) is 0 Å². The molecule has 0 unspecified atom stereocenters. The van der Waals surface area contributed by atoms with Crippen LogP contribution in [0.4, 0.5) is 10.1 Å². The third-order valence-corrected chi connectivity index (χ3v) is 3.14. The predicted octanol–water partition coefficient (Wildman–Crippen LogP) is 1.96. The zero-order valence-corrected chi connectivity index (χ0v) is 13.1. The summed E-state index contributed by atoms with van der Waals surface area (Å²) in [5.74, 6) is -1.40. The fourth-order valence-electron chi connectivity index (χ4n) is 1.80. The van der Waals surface area contributed by atoms with Crippen molar-refractivity contribution in [2.75, 3.05) is 0 Å². The van der Waals surface area contributed by atoms with E-state index < -0.39 is 28.7 Å². The maximum Gasteiger partial charge on any atom is 0.279 e.